The molecule has 0 aromatic carbocycles. The molecule has 1 saturated carbocycles. The SMILES string of the molecule is CC(=O)O[C@@H](C)/C=C\C(=O)C[C@@H]1CC[C@H](CC2CC2/C=C/C2O[C@@](C)(CO)C[C@@]3(CO3)[C@@H]2O)O[C@@H]1C. The molecule has 8 heteroatoms. The number of allylic oxidation sites excluding steroid dienone is 2. The van der Waals surface area contributed by atoms with E-state index in [-0.39, 0.29) is 36.5 Å². The van der Waals surface area contributed by atoms with Gasteiger partial charge in [-0.25, -0.2) is 0 Å². The summed E-state index contributed by atoms with van der Waals surface area (Å²) in [6, 6.07) is 0. The first-order valence-corrected chi connectivity index (χ1v) is 13.4. The molecule has 2 N–H and O–H groups in total. The molecule has 0 radical (unpaired) electrons. The minimum absolute atomic E-state index is 0.0245. The Morgan fingerprint density at radius 1 is 1.22 bits per heavy atom. The summed E-state index contributed by atoms with van der Waals surface area (Å²) < 4.78 is 22.9. The first kappa shape index (κ1) is 27.5. The van der Waals surface area contributed by atoms with Gasteiger partial charge in [0.2, 0.25) is 0 Å². The summed E-state index contributed by atoms with van der Waals surface area (Å²) in [7, 11) is 0. The van der Waals surface area contributed by atoms with E-state index in [1.165, 1.54) is 13.0 Å². The van der Waals surface area contributed by atoms with Gasteiger partial charge in [-0.05, 0) is 76.4 Å². The molecule has 0 amide bonds. The zero-order chi connectivity index (χ0) is 26.1. The molecule has 1 aliphatic carbocycles. The summed E-state index contributed by atoms with van der Waals surface area (Å²) in [4.78, 5) is 23.3. The van der Waals surface area contributed by atoms with Crippen molar-refractivity contribution in [3.8, 4) is 0 Å². The summed E-state index contributed by atoms with van der Waals surface area (Å²) in [5, 5.41) is 20.5. The van der Waals surface area contributed by atoms with Crippen LogP contribution in [0.4, 0.5) is 0 Å². The number of aliphatic hydroxyl groups is 2. The number of rotatable bonds is 10. The third-order valence-electron chi connectivity index (χ3n) is 8.18. The maximum atomic E-state index is 12.3. The topological polar surface area (TPSA) is 115 Å². The van der Waals surface area contributed by atoms with Crippen LogP contribution in [0.25, 0.3) is 0 Å². The molecule has 1 spiro atoms. The fourth-order valence-corrected chi connectivity index (χ4v) is 5.87. The molecule has 4 fully saturated rings. The van der Waals surface area contributed by atoms with Gasteiger partial charge in [-0.2, -0.15) is 0 Å². The number of epoxide rings is 1. The number of hydrogen-bond donors (Lipinski definition) is 2. The van der Waals surface area contributed by atoms with Gasteiger partial charge in [0, 0.05) is 19.8 Å². The van der Waals surface area contributed by atoms with Crippen molar-refractivity contribution in [2.45, 2.75) is 108 Å². The van der Waals surface area contributed by atoms with Crippen molar-refractivity contribution in [2.75, 3.05) is 13.2 Å². The number of aliphatic hydroxyl groups excluding tert-OH is 2. The zero-order valence-corrected chi connectivity index (χ0v) is 21.9. The summed E-state index contributed by atoms with van der Waals surface area (Å²) in [6.07, 6.45) is 10.8. The molecule has 3 saturated heterocycles. The van der Waals surface area contributed by atoms with E-state index in [9.17, 15) is 19.8 Å². The van der Waals surface area contributed by atoms with Gasteiger partial charge < -0.3 is 29.2 Å². The predicted octanol–water partition coefficient (Wildman–Crippen LogP) is 2.89. The molecule has 0 aromatic heterocycles. The minimum Gasteiger partial charge on any atom is -0.459 e. The lowest BCUT2D eigenvalue weighted by molar-refractivity contribution is -0.192. The highest BCUT2D eigenvalue weighted by atomic mass is 16.6. The van der Waals surface area contributed by atoms with E-state index in [0.29, 0.717) is 31.3 Å². The molecule has 0 bridgehead atoms. The minimum atomic E-state index is -0.715. The molecule has 0 aromatic rings. The molecule has 3 heterocycles. The average Bonchev–Trinajstić information content (AvgIpc) is 3.74. The van der Waals surface area contributed by atoms with Gasteiger partial charge in [0.1, 0.15) is 23.9 Å². The number of esters is 1. The van der Waals surface area contributed by atoms with Crippen LogP contribution in [0.3, 0.4) is 0 Å². The van der Waals surface area contributed by atoms with E-state index in [0.717, 1.165) is 25.7 Å². The van der Waals surface area contributed by atoms with E-state index >= 15 is 0 Å². The number of hydrogen-bond acceptors (Lipinski definition) is 8. The smallest absolute Gasteiger partial charge is 0.303 e. The van der Waals surface area contributed by atoms with E-state index in [1.807, 2.05) is 13.0 Å². The van der Waals surface area contributed by atoms with Crippen LogP contribution in [0.15, 0.2) is 24.3 Å². The maximum absolute atomic E-state index is 12.3. The largest absolute Gasteiger partial charge is 0.459 e. The second-order valence-electron chi connectivity index (χ2n) is 11.6. The van der Waals surface area contributed by atoms with Crippen LogP contribution in [0.1, 0.15) is 66.2 Å². The van der Waals surface area contributed by atoms with E-state index in [1.54, 1.807) is 13.0 Å². The van der Waals surface area contributed by atoms with Crippen molar-refractivity contribution >= 4 is 11.8 Å². The quantitative estimate of drug-likeness (QED) is 0.201. The molecule has 3 unspecified atom stereocenters. The first-order valence-electron chi connectivity index (χ1n) is 13.4. The Labute approximate surface area is 214 Å². The van der Waals surface area contributed by atoms with Crippen LogP contribution >= 0.6 is 0 Å². The van der Waals surface area contributed by atoms with Crippen molar-refractivity contribution in [1.82, 2.24) is 0 Å². The number of carbonyl (C=O) groups excluding carboxylic acids is 2. The van der Waals surface area contributed by atoms with Crippen molar-refractivity contribution in [1.29, 1.82) is 0 Å². The molecular weight excluding hydrogens is 464 g/mol. The Hall–Kier alpha value is -1.58. The van der Waals surface area contributed by atoms with Gasteiger partial charge in [0.05, 0.1) is 31.0 Å². The van der Waals surface area contributed by atoms with Crippen LogP contribution < -0.4 is 0 Å². The molecule has 36 heavy (non-hydrogen) atoms. The predicted molar refractivity (Wildman–Crippen MR) is 132 cm³/mol. The summed E-state index contributed by atoms with van der Waals surface area (Å²) in [6.45, 7) is 7.41. The van der Waals surface area contributed by atoms with Crippen LogP contribution in [0.5, 0.6) is 0 Å². The number of ketones is 1. The highest BCUT2D eigenvalue weighted by molar-refractivity contribution is 5.89. The first-order chi connectivity index (χ1) is 17.0. The fourth-order valence-electron chi connectivity index (χ4n) is 5.87. The van der Waals surface area contributed by atoms with E-state index in [4.69, 9.17) is 18.9 Å². The summed E-state index contributed by atoms with van der Waals surface area (Å²) >= 11 is 0. The van der Waals surface area contributed by atoms with Gasteiger partial charge in [0.15, 0.2) is 5.78 Å². The second kappa shape index (κ2) is 11.0. The Bertz CT molecular complexity index is 864. The number of carbonyl (C=O) groups is 2. The summed E-state index contributed by atoms with van der Waals surface area (Å²) in [5.41, 5.74) is -1.28. The second-order valence-corrected chi connectivity index (χ2v) is 11.6. The van der Waals surface area contributed by atoms with Gasteiger partial charge in [-0.3, -0.25) is 9.59 Å². The van der Waals surface area contributed by atoms with Gasteiger partial charge >= 0.3 is 5.97 Å². The third-order valence-corrected chi connectivity index (χ3v) is 8.18. The van der Waals surface area contributed by atoms with Crippen LogP contribution in [-0.2, 0) is 28.5 Å². The fraction of sp³-hybridized carbons (Fsp3) is 0.786. The van der Waals surface area contributed by atoms with Crippen LogP contribution in [0, 0.1) is 17.8 Å². The molecule has 202 valence electrons. The normalized spacial score (nSPS) is 43.1. The molecular formula is C28H42O8. The average molecular weight is 507 g/mol. The van der Waals surface area contributed by atoms with Crippen molar-refractivity contribution in [3.63, 3.8) is 0 Å². The van der Waals surface area contributed by atoms with Crippen molar-refractivity contribution < 1.29 is 38.7 Å². The van der Waals surface area contributed by atoms with Crippen LogP contribution in [0.2, 0.25) is 0 Å². The molecule has 3 aliphatic heterocycles. The standard InChI is InChI=1S/C28H42O8/c1-17(34-19(3)30)5-8-23(31)12-20-6-9-24(35-18(20)2)13-22-11-21(22)7-10-25-26(32)28(16-33-28)14-27(4,15-29)36-25/h5,7-8,10,17-18,20-22,24-26,29,32H,6,9,11-16H2,1-4H3/b8-5-,10-7+/t17-,18+,20-,21?,22?,24+,25?,26+,27+,28+/m0/s1. The monoisotopic (exact) mass is 506 g/mol. The van der Waals surface area contributed by atoms with E-state index in [2.05, 4.69) is 13.0 Å². The lowest BCUT2D eigenvalue weighted by atomic mass is 9.82. The Kier molecular flexibility index (Phi) is 8.42. The van der Waals surface area contributed by atoms with Crippen LogP contribution in [-0.4, -0.2) is 76.9 Å². The van der Waals surface area contributed by atoms with Crippen molar-refractivity contribution in [2.24, 2.45) is 17.8 Å². The van der Waals surface area contributed by atoms with Gasteiger partial charge in [-0.1, -0.05) is 12.2 Å². The zero-order valence-electron chi connectivity index (χ0n) is 21.9. The Balaban J connectivity index is 1.19. The third kappa shape index (κ3) is 6.84. The molecule has 8 nitrogen and oxygen atoms in total. The van der Waals surface area contributed by atoms with Crippen molar-refractivity contribution in [3.05, 3.63) is 24.3 Å². The summed E-state index contributed by atoms with van der Waals surface area (Å²) in [5.74, 6) is 0.863. The van der Waals surface area contributed by atoms with Gasteiger partial charge in [0.25, 0.3) is 0 Å². The van der Waals surface area contributed by atoms with Gasteiger partial charge in [-0.15, -0.1) is 0 Å². The highest BCUT2D eigenvalue weighted by Gasteiger charge is 2.61. The molecule has 4 rings (SSSR count). The Morgan fingerprint density at radius 3 is 2.61 bits per heavy atom. The maximum Gasteiger partial charge on any atom is 0.303 e. The molecule has 4 aliphatic rings. The lowest BCUT2D eigenvalue weighted by Crippen LogP contribution is -2.56. The molecule has 10 atom stereocenters. The highest BCUT2D eigenvalue weighted by Crippen LogP contribution is 2.48. The number of ether oxygens (including phenoxy) is 4. The Morgan fingerprint density at radius 2 is 1.97 bits per heavy atom. The van der Waals surface area contributed by atoms with E-state index < -0.39 is 29.5 Å². The lowest BCUT2D eigenvalue weighted by Gasteiger charge is -2.42.